The number of hydrazone groups is 1. The minimum atomic E-state index is -0.369. The van der Waals surface area contributed by atoms with Crippen LogP contribution in [0.25, 0.3) is 11.3 Å². The molecule has 3 aromatic rings. The van der Waals surface area contributed by atoms with Crippen molar-refractivity contribution in [2.45, 2.75) is 6.92 Å². The molecule has 0 saturated carbocycles. The quantitative estimate of drug-likeness (QED) is 0.542. The second-order valence-electron chi connectivity index (χ2n) is 4.79. The number of halogens is 1. The standard InChI is InChI=1S/C16H13BrN4O2/c1-10(15-3-2-8-23-15)18-21-16(22)14-9-13(19-20-14)11-4-6-12(17)7-5-11/h2-9H,1H3,(H,19,20)(H,21,22)/b18-10-. The summed E-state index contributed by atoms with van der Waals surface area (Å²) in [5.74, 6) is 0.234. The molecule has 23 heavy (non-hydrogen) atoms. The van der Waals surface area contributed by atoms with Crippen LogP contribution in [0.5, 0.6) is 0 Å². The van der Waals surface area contributed by atoms with E-state index in [1.165, 1.54) is 0 Å². The lowest BCUT2D eigenvalue weighted by Gasteiger charge is -1.98. The van der Waals surface area contributed by atoms with Gasteiger partial charge < -0.3 is 4.42 Å². The predicted molar refractivity (Wildman–Crippen MR) is 90.1 cm³/mol. The first-order valence-electron chi connectivity index (χ1n) is 6.83. The molecule has 0 unspecified atom stereocenters. The summed E-state index contributed by atoms with van der Waals surface area (Å²) in [6.45, 7) is 1.75. The number of nitrogens with one attached hydrogen (secondary N) is 2. The first-order chi connectivity index (χ1) is 11.1. The van der Waals surface area contributed by atoms with Crippen molar-refractivity contribution in [3.05, 3.63) is 64.7 Å². The number of rotatable bonds is 4. The third-order valence-electron chi connectivity index (χ3n) is 3.17. The number of aromatic nitrogens is 2. The average molecular weight is 373 g/mol. The Morgan fingerprint density at radius 2 is 2.09 bits per heavy atom. The Hall–Kier alpha value is -2.67. The van der Waals surface area contributed by atoms with Gasteiger partial charge in [0.1, 0.15) is 17.2 Å². The highest BCUT2D eigenvalue weighted by molar-refractivity contribution is 9.10. The number of carbonyl (C=O) groups excluding carboxylic acids is 1. The molecule has 2 aromatic heterocycles. The Morgan fingerprint density at radius 3 is 2.78 bits per heavy atom. The van der Waals surface area contributed by atoms with Gasteiger partial charge in [-0.3, -0.25) is 9.89 Å². The third-order valence-corrected chi connectivity index (χ3v) is 3.69. The number of carbonyl (C=O) groups is 1. The number of hydrogen-bond donors (Lipinski definition) is 2. The Balaban J connectivity index is 1.71. The number of H-pyrrole nitrogens is 1. The zero-order valence-corrected chi connectivity index (χ0v) is 13.8. The van der Waals surface area contributed by atoms with Gasteiger partial charge >= 0.3 is 0 Å². The van der Waals surface area contributed by atoms with E-state index in [9.17, 15) is 4.79 Å². The van der Waals surface area contributed by atoms with Crippen molar-refractivity contribution in [3.63, 3.8) is 0 Å². The number of amides is 1. The van der Waals surface area contributed by atoms with Crippen LogP contribution in [0.4, 0.5) is 0 Å². The number of aromatic amines is 1. The van der Waals surface area contributed by atoms with Crippen LogP contribution < -0.4 is 5.43 Å². The second-order valence-corrected chi connectivity index (χ2v) is 5.70. The summed E-state index contributed by atoms with van der Waals surface area (Å²) >= 11 is 3.38. The molecule has 0 aliphatic carbocycles. The highest BCUT2D eigenvalue weighted by Crippen LogP contribution is 2.20. The zero-order chi connectivity index (χ0) is 16.2. The van der Waals surface area contributed by atoms with Crippen LogP contribution in [0.15, 0.2) is 62.7 Å². The number of benzene rings is 1. The molecule has 0 aliphatic rings. The highest BCUT2D eigenvalue weighted by atomic mass is 79.9. The fourth-order valence-electron chi connectivity index (χ4n) is 1.94. The fraction of sp³-hybridized carbons (Fsp3) is 0.0625. The van der Waals surface area contributed by atoms with Gasteiger partial charge in [0.05, 0.1) is 12.0 Å². The van der Waals surface area contributed by atoms with Crippen molar-refractivity contribution in [2.24, 2.45) is 5.10 Å². The molecule has 6 nitrogen and oxygen atoms in total. The predicted octanol–water partition coefficient (Wildman–Crippen LogP) is 3.59. The molecule has 7 heteroatoms. The molecule has 1 aromatic carbocycles. The number of furan rings is 1. The smallest absolute Gasteiger partial charge is 0.289 e. The molecule has 3 rings (SSSR count). The van der Waals surface area contributed by atoms with Crippen molar-refractivity contribution in [3.8, 4) is 11.3 Å². The fourth-order valence-corrected chi connectivity index (χ4v) is 2.21. The summed E-state index contributed by atoms with van der Waals surface area (Å²) in [6, 6.07) is 12.9. The Labute approximate surface area is 140 Å². The van der Waals surface area contributed by atoms with E-state index >= 15 is 0 Å². The van der Waals surface area contributed by atoms with Gasteiger partial charge in [0.25, 0.3) is 5.91 Å². The van der Waals surface area contributed by atoms with Crippen molar-refractivity contribution < 1.29 is 9.21 Å². The minimum absolute atomic E-state index is 0.332. The summed E-state index contributed by atoms with van der Waals surface area (Å²) in [7, 11) is 0. The summed E-state index contributed by atoms with van der Waals surface area (Å²) in [6.07, 6.45) is 1.55. The monoisotopic (exact) mass is 372 g/mol. The van der Waals surface area contributed by atoms with Crippen LogP contribution in [0.1, 0.15) is 23.2 Å². The van der Waals surface area contributed by atoms with Crippen LogP contribution in [-0.4, -0.2) is 21.8 Å². The van der Waals surface area contributed by atoms with Crippen LogP contribution in [0, 0.1) is 0 Å². The van der Waals surface area contributed by atoms with Crippen LogP contribution in [0.2, 0.25) is 0 Å². The Kier molecular flexibility index (Phi) is 4.38. The summed E-state index contributed by atoms with van der Waals surface area (Å²) in [5, 5.41) is 10.9. The van der Waals surface area contributed by atoms with E-state index in [0.29, 0.717) is 22.9 Å². The average Bonchev–Trinajstić information content (AvgIpc) is 3.24. The lowest BCUT2D eigenvalue weighted by atomic mass is 10.1. The van der Waals surface area contributed by atoms with E-state index in [1.54, 1.807) is 31.4 Å². The van der Waals surface area contributed by atoms with Gasteiger partial charge in [-0.25, -0.2) is 5.43 Å². The van der Waals surface area contributed by atoms with Gasteiger partial charge in [0, 0.05) is 10.0 Å². The van der Waals surface area contributed by atoms with E-state index in [-0.39, 0.29) is 5.91 Å². The van der Waals surface area contributed by atoms with Gasteiger partial charge in [-0.05, 0) is 37.3 Å². The maximum atomic E-state index is 12.1. The van der Waals surface area contributed by atoms with Gasteiger partial charge in [-0.2, -0.15) is 10.2 Å². The lowest BCUT2D eigenvalue weighted by molar-refractivity contribution is 0.0950. The normalized spacial score (nSPS) is 11.5. The largest absolute Gasteiger partial charge is 0.463 e. The topological polar surface area (TPSA) is 83.3 Å². The van der Waals surface area contributed by atoms with Crippen molar-refractivity contribution in [1.29, 1.82) is 0 Å². The molecule has 0 spiro atoms. The first-order valence-corrected chi connectivity index (χ1v) is 7.62. The Morgan fingerprint density at radius 1 is 1.30 bits per heavy atom. The third kappa shape index (κ3) is 3.57. The van der Waals surface area contributed by atoms with Crippen molar-refractivity contribution in [2.75, 3.05) is 0 Å². The van der Waals surface area contributed by atoms with Crippen LogP contribution in [-0.2, 0) is 0 Å². The molecule has 0 saturated heterocycles. The van der Waals surface area contributed by atoms with E-state index in [1.807, 2.05) is 24.3 Å². The molecule has 2 heterocycles. The van der Waals surface area contributed by atoms with Gasteiger partial charge in [0.2, 0.25) is 0 Å². The highest BCUT2D eigenvalue weighted by Gasteiger charge is 2.11. The van der Waals surface area contributed by atoms with E-state index in [4.69, 9.17) is 4.42 Å². The molecular formula is C16H13BrN4O2. The first kappa shape index (κ1) is 15.2. The van der Waals surface area contributed by atoms with E-state index in [0.717, 1.165) is 10.0 Å². The lowest BCUT2D eigenvalue weighted by Crippen LogP contribution is -2.19. The van der Waals surface area contributed by atoms with E-state index < -0.39 is 0 Å². The molecule has 0 atom stereocenters. The summed E-state index contributed by atoms with van der Waals surface area (Å²) < 4.78 is 6.18. The van der Waals surface area contributed by atoms with E-state index in [2.05, 4.69) is 36.7 Å². The van der Waals surface area contributed by atoms with Crippen LogP contribution >= 0.6 is 15.9 Å². The van der Waals surface area contributed by atoms with Gasteiger partial charge in [-0.1, -0.05) is 28.1 Å². The van der Waals surface area contributed by atoms with Crippen LogP contribution in [0.3, 0.4) is 0 Å². The van der Waals surface area contributed by atoms with Gasteiger partial charge in [-0.15, -0.1) is 0 Å². The Bertz CT molecular complexity index is 835. The van der Waals surface area contributed by atoms with Crippen molar-refractivity contribution in [1.82, 2.24) is 15.6 Å². The maximum absolute atomic E-state index is 12.1. The SMILES string of the molecule is C/C(=N/NC(=O)c1cc(-c2ccc(Br)cc2)n[nH]1)c1ccco1. The molecular weight excluding hydrogens is 360 g/mol. The zero-order valence-electron chi connectivity index (χ0n) is 12.2. The molecule has 1 amide bonds. The molecule has 0 fully saturated rings. The minimum Gasteiger partial charge on any atom is -0.463 e. The molecule has 0 bridgehead atoms. The molecule has 2 N–H and O–H groups in total. The van der Waals surface area contributed by atoms with Crippen molar-refractivity contribution >= 4 is 27.5 Å². The summed E-state index contributed by atoms with van der Waals surface area (Å²) in [4.78, 5) is 12.1. The molecule has 0 aliphatic heterocycles. The number of hydrogen-bond acceptors (Lipinski definition) is 4. The maximum Gasteiger partial charge on any atom is 0.289 e. The molecule has 0 radical (unpaired) electrons. The van der Waals surface area contributed by atoms with Gasteiger partial charge in [0.15, 0.2) is 0 Å². The second kappa shape index (κ2) is 6.62. The summed E-state index contributed by atoms with van der Waals surface area (Å²) in [5.41, 5.74) is 4.99. The number of nitrogens with zero attached hydrogens (tertiary/aromatic N) is 2. The molecule has 116 valence electrons.